The second kappa shape index (κ2) is 9.13. The molecule has 1 amide bonds. The van der Waals surface area contributed by atoms with Crippen molar-refractivity contribution in [1.29, 1.82) is 5.26 Å². The van der Waals surface area contributed by atoms with Gasteiger partial charge in [-0.15, -0.1) is 0 Å². The number of aromatic nitrogens is 3. The van der Waals surface area contributed by atoms with Gasteiger partial charge in [-0.05, 0) is 12.5 Å². The number of hydrogen-bond acceptors (Lipinski definition) is 7. The predicted molar refractivity (Wildman–Crippen MR) is 125 cm³/mol. The molecule has 3 N–H and O–H groups in total. The number of benzene rings is 2. The molecule has 0 saturated carbocycles. The second-order valence-corrected chi connectivity index (χ2v) is 8.51. The first kappa shape index (κ1) is 22.6. The zero-order chi connectivity index (χ0) is 24.4. The standard InChI is InChI=1S/C23H18N6O4S/c1-13-19(20(17(11-24)21(25)30)14-6-3-2-4-7-14)22(31)28(27-13)23-26-12-18(34-23)15-8-5-9-16(10-15)29(32)33/h2-10,12,17,20,27H,1H3,(H2,25,30)/t17-,20+/m0/s1. The van der Waals surface area contributed by atoms with Crippen LogP contribution < -0.4 is 11.3 Å². The Hall–Kier alpha value is -4.56. The maximum Gasteiger partial charge on any atom is 0.277 e. The molecule has 0 spiro atoms. The van der Waals surface area contributed by atoms with E-state index in [2.05, 4.69) is 10.1 Å². The van der Waals surface area contributed by atoms with Crippen molar-refractivity contribution in [2.45, 2.75) is 12.8 Å². The van der Waals surface area contributed by atoms with Gasteiger partial charge in [-0.2, -0.15) is 9.94 Å². The molecule has 0 unspecified atom stereocenters. The topological polar surface area (TPSA) is 161 Å². The fourth-order valence-corrected chi connectivity index (χ4v) is 4.70. The van der Waals surface area contributed by atoms with Crippen LogP contribution >= 0.6 is 11.3 Å². The number of primary amides is 1. The molecule has 2 aromatic carbocycles. The average molecular weight is 475 g/mol. The number of aryl methyl sites for hydroxylation is 1. The van der Waals surface area contributed by atoms with Crippen molar-refractivity contribution in [3.8, 4) is 21.6 Å². The van der Waals surface area contributed by atoms with Crippen LogP contribution in [0.5, 0.6) is 0 Å². The zero-order valence-electron chi connectivity index (χ0n) is 17.8. The number of non-ortho nitro benzene ring substituents is 1. The number of aromatic amines is 1. The van der Waals surface area contributed by atoms with Crippen LogP contribution in [0.25, 0.3) is 15.6 Å². The molecule has 170 valence electrons. The maximum atomic E-state index is 13.5. The van der Waals surface area contributed by atoms with Crippen LogP contribution in [0.4, 0.5) is 5.69 Å². The fourth-order valence-electron chi connectivity index (χ4n) is 3.82. The van der Waals surface area contributed by atoms with E-state index in [0.717, 1.165) is 0 Å². The third-order valence-corrected chi connectivity index (χ3v) is 6.42. The Kier molecular flexibility index (Phi) is 6.07. The summed E-state index contributed by atoms with van der Waals surface area (Å²) in [7, 11) is 0. The molecule has 2 heterocycles. The first-order valence-electron chi connectivity index (χ1n) is 10.1. The van der Waals surface area contributed by atoms with E-state index in [-0.39, 0.29) is 11.3 Å². The van der Waals surface area contributed by atoms with Gasteiger partial charge in [-0.1, -0.05) is 53.8 Å². The van der Waals surface area contributed by atoms with E-state index < -0.39 is 28.2 Å². The number of nitro benzene ring substituents is 1. The molecule has 10 nitrogen and oxygen atoms in total. The summed E-state index contributed by atoms with van der Waals surface area (Å²) in [5.41, 5.74) is 6.89. The second-order valence-electron chi connectivity index (χ2n) is 7.50. The first-order chi connectivity index (χ1) is 16.3. The number of nitrogens with zero attached hydrogens (tertiary/aromatic N) is 4. The molecule has 34 heavy (non-hydrogen) atoms. The van der Waals surface area contributed by atoms with Gasteiger partial charge in [0.05, 0.1) is 15.9 Å². The summed E-state index contributed by atoms with van der Waals surface area (Å²) >= 11 is 1.17. The summed E-state index contributed by atoms with van der Waals surface area (Å²) in [4.78, 5) is 41.1. The first-order valence-corrected chi connectivity index (χ1v) is 10.9. The molecule has 0 radical (unpaired) electrons. The molecule has 0 saturated heterocycles. The van der Waals surface area contributed by atoms with Gasteiger partial charge in [0.1, 0.15) is 5.92 Å². The summed E-state index contributed by atoms with van der Waals surface area (Å²) in [6, 6.07) is 16.8. The van der Waals surface area contributed by atoms with Crippen molar-refractivity contribution in [3.05, 3.63) is 98.1 Å². The number of thiazole rings is 1. The van der Waals surface area contributed by atoms with Gasteiger partial charge in [0.25, 0.3) is 11.2 Å². The lowest BCUT2D eigenvalue weighted by molar-refractivity contribution is -0.384. The Morgan fingerprint density at radius 2 is 2.00 bits per heavy atom. The van der Waals surface area contributed by atoms with Crippen molar-refractivity contribution < 1.29 is 9.72 Å². The third-order valence-electron chi connectivity index (χ3n) is 5.39. The smallest absolute Gasteiger partial charge is 0.277 e. The quantitative estimate of drug-likeness (QED) is 0.309. The van der Waals surface area contributed by atoms with Gasteiger partial charge < -0.3 is 5.73 Å². The molecule has 0 aliphatic heterocycles. The van der Waals surface area contributed by atoms with Crippen molar-refractivity contribution in [2.75, 3.05) is 0 Å². The molecule has 0 bridgehead atoms. The van der Waals surface area contributed by atoms with E-state index in [9.17, 15) is 25.0 Å². The highest BCUT2D eigenvalue weighted by Gasteiger charge is 2.34. The number of carbonyl (C=O) groups excluding carboxylic acids is 1. The molecule has 0 aliphatic carbocycles. The number of carbonyl (C=O) groups is 1. The van der Waals surface area contributed by atoms with Crippen LogP contribution in [0.1, 0.15) is 22.7 Å². The number of hydrogen-bond donors (Lipinski definition) is 2. The van der Waals surface area contributed by atoms with Gasteiger partial charge in [0.15, 0.2) is 0 Å². The van der Waals surface area contributed by atoms with Gasteiger partial charge >= 0.3 is 0 Å². The molecule has 0 fully saturated rings. The minimum absolute atomic E-state index is 0.0534. The minimum Gasteiger partial charge on any atom is -0.369 e. The van der Waals surface area contributed by atoms with Crippen LogP contribution in [-0.4, -0.2) is 25.6 Å². The van der Waals surface area contributed by atoms with Crippen molar-refractivity contribution >= 4 is 22.9 Å². The summed E-state index contributed by atoms with van der Waals surface area (Å²) in [5, 5.41) is 24.0. The number of nitro groups is 1. The van der Waals surface area contributed by atoms with Gasteiger partial charge in [-0.3, -0.25) is 24.8 Å². The monoisotopic (exact) mass is 474 g/mol. The van der Waals surface area contributed by atoms with Gasteiger partial charge in [0.2, 0.25) is 11.0 Å². The molecule has 2 atom stereocenters. The van der Waals surface area contributed by atoms with Gasteiger partial charge in [0, 0.05) is 41.1 Å². The van der Waals surface area contributed by atoms with E-state index in [1.165, 1.54) is 34.3 Å². The molecular formula is C23H18N6O4S. The SMILES string of the molecule is Cc1[nH]n(-c2ncc(-c3cccc([N+](=O)[O-])c3)s2)c(=O)c1[C@H](c1ccccc1)[C@H](C#N)C(N)=O. The number of nitrogens with one attached hydrogen (secondary N) is 1. The van der Waals surface area contributed by atoms with E-state index in [1.54, 1.807) is 49.4 Å². The third kappa shape index (κ3) is 4.10. The van der Waals surface area contributed by atoms with Crippen LogP contribution in [0.15, 0.2) is 65.6 Å². The Balaban J connectivity index is 1.81. The fraction of sp³-hybridized carbons (Fsp3) is 0.130. The van der Waals surface area contributed by atoms with Crippen LogP contribution in [-0.2, 0) is 4.79 Å². The lowest BCUT2D eigenvalue weighted by Crippen LogP contribution is -2.31. The summed E-state index contributed by atoms with van der Waals surface area (Å²) in [6.07, 6.45) is 1.53. The van der Waals surface area contributed by atoms with E-state index in [4.69, 9.17) is 5.73 Å². The predicted octanol–water partition coefficient (Wildman–Crippen LogP) is 3.26. The molecular weight excluding hydrogens is 456 g/mol. The lowest BCUT2D eigenvalue weighted by Gasteiger charge is -2.19. The highest BCUT2D eigenvalue weighted by atomic mass is 32.1. The summed E-state index contributed by atoms with van der Waals surface area (Å²) in [6.45, 7) is 1.67. The molecule has 11 heteroatoms. The zero-order valence-corrected chi connectivity index (χ0v) is 18.7. The van der Waals surface area contributed by atoms with Crippen LogP contribution in [0.3, 0.4) is 0 Å². The normalized spacial score (nSPS) is 12.6. The van der Waals surface area contributed by atoms with E-state index in [1.807, 2.05) is 6.07 Å². The summed E-state index contributed by atoms with van der Waals surface area (Å²) < 4.78 is 1.24. The molecule has 4 aromatic rings. The number of nitrogens with two attached hydrogens (primary N) is 1. The largest absolute Gasteiger partial charge is 0.369 e. The highest BCUT2D eigenvalue weighted by molar-refractivity contribution is 7.17. The van der Waals surface area contributed by atoms with Crippen molar-refractivity contribution in [2.24, 2.45) is 11.7 Å². The minimum atomic E-state index is -1.25. The lowest BCUT2D eigenvalue weighted by atomic mass is 9.81. The number of rotatable bonds is 7. The number of nitriles is 1. The Labute approximate surface area is 197 Å². The Bertz CT molecular complexity index is 1480. The highest BCUT2D eigenvalue weighted by Crippen LogP contribution is 2.33. The van der Waals surface area contributed by atoms with Gasteiger partial charge in [-0.25, -0.2) is 4.98 Å². The molecule has 4 rings (SSSR count). The maximum absolute atomic E-state index is 13.5. The Morgan fingerprint density at radius 3 is 2.65 bits per heavy atom. The van der Waals surface area contributed by atoms with Crippen LogP contribution in [0, 0.1) is 34.3 Å². The van der Waals surface area contributed by atoms with Crippen molar-refractivity contribution in [1.82, 2.24) is 14.8 Å². The van der Waals surface area contributed by atoms with E-state index >= 15 is 0 Å². The number of H-pyrrole nitrogens is 1. The van der Waals surface area contributed by atoms with E-state index in [0.29, 0.717) is 26.8 Å². The number of amides is 1. The Morgan fingerprint density at radius 1 is 1.26 bits per heavy atom. The van der Waals surface area contributed by atoms with Crippen molar-refractivity contribution in [3.63, 3.8) is 0 Å². The molecule has 0 aliphatic rings. The average Bonchev–Trinajstić information content (AvgIpc) is 3.42. The molecule has 2 aromatic heterocycles. The van der Waals surface area contributed by atoms with Crippen LogP contribution in [0.2, 0.25) is 0 Å². The summed E-state index contributed by atoms with van der Waals surface area (Å²) in [5.74, 6) is -2.95.